The molecule has 0 saturated heterocycles. The van der Waals surface area contributed by atoms with Crippen LogP contribution >= 0.6 is 25.3 Å². The minimum absolute atomic E-state index is 0.0853. The fourth-order valence-electron chi connectivity index (χ4n) is 12.1. The highest BCUT2D eigenvalue weighted by molar-refractivity contribution is 7.80. The number of nitrogens with one attached hydrogen (secondary N) is 14. The summed E-state index contributed by atoms with van der Waals surface area (Å²) in [5, 5.41) is 90.8. The van der Waals surface area contributed by atoms with Crippen molar-refractivity contribution in [3.05, 3.63) is 174 Å². The highest BCUT2D eigenvalue weighted by Crippen LogP contribution is 2.21. The second-order valence-electron chi connectivity index (χ2n) is 27.5. The number of carbonyl (C=O) groups is 13. The van der Waals surface area contributed by atoms with Crippen LogP contribution in [0.2, 0.25) is 0 Å². The molecule has 0 aliphatic heterocycles. The Morgan fingerprint density at radius 1 is 0.426 bits per heavy atom. The number of nitrogens with two attached hydrogens (primary N) is 3. The number of phenols is 1. The first-order valence-corrected chi connectivity index (χ1v) is 38.5. The molecule has 5 aromatic carbocycles. The number of fused-ring (bicyclic) bond motifs is 1. The van der Waals surface area contributed by atoms with Gasteiger partial charge in [0.25, 0.3) is 0 Å². The molecule has 0 spiro atoms. The van der Waals surface area contributed by atoms with Crippen LogP contribution in [0.15, 0.2) is 146 Å². The number of guanidine groups is 1. The number of phenolic OH excluding ortho intramolecular Hbond substituents is 1. The summed E-state index contributed by atoms with van der Waals surface area (Å²) in [6, 6.07) is 18.4. The molecule has 1 heterocycles. The number of H-pyrrole nitrogens is 1. The molecule has 37 heteroatoms. The molecule has 11 amide bonds. The maximum atomic E-state index is 15.4. The Balaban J connectivity index is 1.30. The minimum Gasteiger partial charge on any atom is -0.508 e. The first-order chi connectivity index (χ1) is 54.9. The van der Waals surface area contributed by atoms with Gasteiger partial charge in [-0.25, -0.2) is 4.79 Å². The van der Waals surface area contributed by atoms with Gasteiger partial charge in [0, 0.05) is 73.7 Å². The molecular weight excluding hydrogens is 1530 g/mol. The summed E-state index contributed by atoms with van der Waals surface area (Å²) in [6.07, 6.45) is -3.98. The summed E-state index contributed by atoms with van der Waals surface area (Å²) in [5.74, 6) is -14.8. The van der Waals surface area contributed by atoms with Gasteiger partial charge in [-0.05, 0) is 105 Å². The van der Waals surface area contributed by atoms with Crippen LogP contribution < -0.4 is 81.0 Å². The number of unbranched alkanes of at least 4 members (excludes halogenated alkanes) is 1. The lowest BCUT2D eigenvalue weighted by atomic mass is 10.00. The molecule has 0 fully saturated rings. The molecule has 35 nitrogen and oxygen atoms in total. The molecule has 6 aromatic rings. The molecule has 25 N–H and O–H groups in total. The number of carboxylic acids is 2. The standard InChI is InChI=1S/C78H103N17O18S2/c1-43(96)64(75(110)92-60(37-47-21-10-5-11-22-47)74(109)95-65(44(2)97)76(111)91-59(38-48-27-29-50(98)30-28-48)72(107)93-62(42-115)77(112)113)94-69(104)54(25-14-15-33-79)86-73(108)61(39-49-40-84-53-24-13-12-23-51(49)53)90-71(106)58(36-46-19-8-4-9-20-46)89-70(105)57(35-45-17-6-3-7-18-45)88-68(103)56(31-32-63(99)100)87-67(102)55(26-16-34-83-78(81)82)85-66(101)52(80)41-114/h3-13,17-24,27-30,40,43-44,52,54-62,64-65,84,96-98,114-115H,14-16,25-26,31-39,41-42,79-80H2,1-2H3,(H,85,101)(H,86,108)(H,87,102)(H,88,103)(H,89,105)(H,90,106)(H,91,111)(H,92,110)(H,93,107)(H,94,104)(H,95,109)(H,99,100)(H,112,113)(H4,81,82,83)/t43-,44-,52+,54+,55+,56+,57+,58+,59-,60+,61-,62+,64+,65+/m1/s1. The molecular formula is C78H103N17O18S2. The fourth-order valence-corrected chi connectivity index (χ4v) is 12.5. The summed E-state index contributed by atoms with van der Waals surface area (Å²) in [7, 11) is 0. The van der Waals surface area contributed by atoms with Crippen LogP contribution in [0.1, 0.15) is 86.6 Å². The zero-order valence-corrected chi connectivity index (χ0v) is 65.2. The number of para-hydroxylation sites is 1. The van der Waals surface area contributed by atoms with Crippen molar-refractivity contribution < 1.29 is 87.9 Å². The van der Waals surface area contributed by atoms with Crippen LogP contribution in [0, 0.1) is 5.41 Å². The van der Waals surface area contributed by atoms with E-state index in [9.17, 15) is 73.5 Å². The molecule has 115 heavy (non-hydrogen) atoms. The van der Waals surface area contributed by atoms with Crippen molar-refractivity contribution in [1.82, 2.24) is 68.8 Å². The molecule has 0 radical (unpaired) electrons. The number of hydrogen-bond acceptors (Lipinski definition) is 21. The normalized spacial score (nSPS) is 14.8. The van der Waals surface area contributed by atoms with Crippen molar-refractivity contribution in [1.29, 1.82) is 5.41 Å². The minimum atomic E-state index is -1.91. The smallest absolute Gasteiger partial charge is 0.327 e. The monoisotopic (exact) mass is 1630 g/mol. The number of aliphatic hydroxyl groups excluding tert-OH is 2. The van der Waals surface area contributed by atoms with Crippen LogP contribution in [0.25, 0.3) is 10.9 Å². The number of hydrogen-bond donors (Lipinski definition) is 24. The van der Waals surface area contributed by atoms with Gasteiger partial charge < -0.3 is 112 Å². The van der Waals surface area contributed by atoms with Crippen LogP contribution in [-0.2, 0) is 94.4 Å². The summed E-state index contributed by atoms with van der Waals surface area (Å²) in [4.78, 5) is 187. The van der Waals surface area contributed by atoms with E-state index in [-0.39, 0.29) is 94.1 Å². The summed E-state index contributed by atoms with van der Waals surface area (Å²) < 4.78 is 0. The van der Waals surface area contributed by atoms with Crippen molar-refractivity contribution in [3.63, 3.8) is 0 Å². The quantitative estimate of drug-likeness (QED) is 0.00851. The van der Waals surface area contributed by atoms with E-state index in [1.807, 2.05) is 0 Å². The second kappa shape index (κ2) is 47.1. The van der Waals surface area contributed by atoms with Crippen molar-refractivity contribution in [2.75, 3.05) is 24.6 Å². The van der Waals surface area contributed by atoms with Crippen molar-refractivity contribution >= 4 is 119 Å². The number of aromatic amines is 1. The van der Waals surface area contributed by atoms with Gasteiger partial charge in [-0.2, -0.15) is 25.3 Å². The largest absolute Gasteiger partial charge is 0.508 e. The molecule has 1 aromatic heterocycles. The van der Waals surface area contributed by atoms with Crippen LogP contribution in [0.5, 0.6) is 5.75 Å². The number of aliphatic hydroxyl groups is 2. The van der Waals surface area contributed by atoms with E-state index < -0.39 is 174 Å². The van der Waals surface area contributed by atoms with E-state index in [0.29, 0.717) is 45.1 Å². The summed E-state index contributed by atoms with van der Waals surface area (Å²) in [5.41, 5.74) is 20.3. The number of aliphatic carboxylic acids is 2. The van der Waals surface area contributed by atoms with Gasteiger partial charge in [-0.3, -0.25) is 62.9 Å². The van der Waals surface area contributed by atoms with E-state index >= 15 is 14.4 Å². The predicted octanol–water partition coefficient (Wildman–Crippen LogP) is -1.99. The Morgan fingerprint density at radius 2 is 0.783 bits per heavy atom. The van der Waals surface area contributed by atoms with E-state index in [1.54, 1.807) is 121 Å². The zero-order valence-electron chi connectivity index (χ0n) is 63.4. The van der Waals surface area contributed by atoms with E-state index in [4.69, 9.17) is 22.6 Å². The number of thiol groups is 2. The number of rotatable bonds is 48. The van der Waals surface area contributed by atoms with Gasteiger partial charge in [0.05, 0.1) is 18.2 Å². The zero-order chi connectivity index (χ0) is 84.3. The second-order valence-corrected chi connectivity index (χ2v) is 28.2. The number of benzene rings is 5. The van der Waals surface area contributed by atoms with Crippen LogP contribution in [0.4, 0.5) is 0 Å². The highest BCUT2D eigenvalue weighted by Gasteiger charge is 2.39. The third kappa shape index (κ3) is 30.7. The number of carboxylic acid groups (broad SMARTS) is 2. The molecule has 620 valence electrons. The Kier molecular flexibility index (Phi) is 37.8. The number of aromatic nitrogens is 1. The molecule has 0 bridgehead atoms. The molecule has 14 atom stereocenters. The Hall–Kier alpha value is -11.6. The Morgan fingerprint density at radius 3 is 1.19 bits per heavy atom. The van der Waals surface area contributed by atoms with Gasteiger partial charge in [-0.15, -0.1) is 0 Å². The number of carbonyl (C=O) groups excluding carboxylic acids is 11. The van der Waals surface area contributed by atoms with E-state index in [0.717, 1.165) is 13.8 Å². The third-order valence-electron chi connectivity index (χ3n) is 18.4. The Bertz CT molecular complexity index is 4260. The van der Waals surface area contributed by atoms with Crippen molar-refractivity contribution in [2.24, 2.45) is 17.2 Å². The number of amides is 11. The van der Waals surface area contributed by atoms with E-state index in [2.05, 4.69) is 94.0 Å². The lowest BCUT2D eigenvalue weighted by molar-refractivity contribution is -0.142. The molecule has 0 saturated carbocycles. The van der Waals surface area contributed by atoms with Gasteiger partial charge in [0.15, 0.2) is 5.96 Å². The lowest BCUT2D eigenvalue weighted by Gasteiger charge is -2.29. The topological polar surface area (TPSA) is 585 Å². The first kappa shape index (κ1) is 92.2. The van der Waals surface area contributed by atoms with Gasteiger partial charge in [0.1, 0.15) is 72.2 Å². The summed E-state index contributed by atoms with van der Waals surface area (Å²) >= 11 is 8.09. The molecule has 0 unspecified atom stereocenters. The van der Waals surface area contributed by atoms with E-state index in [1.165, 1.54) is 24.3 Å². The van der Waals surface area contributed by atoms with Gasteiger partial charge in [0.2, 0.25) is 65.0 Å². The average Bonchev–Trinajstić information content (AvgIpc) is 1.67. The fraction of sp³-hybridized carbons (Fsp3) is 0.410. The third-order valence-corrected chi connectivity index (χ3v) is 19.2. The maximum Gasteiger partial charge on any atom is 0.327 e. The van der Waals surface area contributed by atoms with Crippen molar-refractivity contribution in [3.8, 4) is 5.75 Å². The Labute approximate surface area is 674 Å². The maximum absolute atomic E-state index is 15.4. The predicted molar refractivity (Wildman–Crippen MR) is 431 cm³/mol. The first-order valence-electron chi connectivity index (χ1n) is 37.2. The van der Waals surface area contributed by atoms with Gasteiger partial charge >= 0.3 is 11.9 Å². The molecule has 6 rings (SSSR count). The van der Waals surface area contributed by atoms with Crippen LogP contribution in [-0.4, -0.2) is 223 Å². The summed E-state index contributed by atoms with van der Waals surface area (Å²) in [6.45, 7) is 2.53. The van der Waals surface area contributed by atoms with Crippen molar-refractivity contribution in [2.45, 2.75) is 176 Å². The average molecular weight is 1630 g/mol. The van der Waals surface area contributed by atoms with Gasteiger partial charge in [-0.1, -0.05) is 121 Å². The SMILES string of the molecule is C[C@@H](O)[C@H](NC(=O)[C@H](CCCCN)NC(=O)[C@@H](Cc1c[nH]c2ccccc12)NC(=O)[C@H](Cc1ccccc1)NC(=O)[C@H](Cc1ccccc1)NC(=O)[C@H](CCC(=O)O)NC(=O)[C@H](CCCNC(=N)N)NC(=O)[C@@H](N)CS)C(=O)N[C@@H](Cc1ccccc1)C(=O)N[C@H](C(=O)N[C@H](Cc1ccc(O)cc1)C(=O)N[C@@H](CS)C(=O)O)[C@@H](C)O. The highest BCUT2D eigenvalue weighted by atomic mass is 32.1. The number of aromatic hydroxyl groups is 1. The molecule has 0 aliphatic rings. The molecule has 0 aliphatic carbocycles. The lowest BCUT2D eigenvalue weighted by Crippen LogP contribution is -2.63. The van der Waals surface area contributed by atoms with Crippen LogP contribution in [0.3, 0.4) is 0 Å².